The molecule has 2 aliphatic heterocycles. The summed E-state index contributed by atoms with van der Waals surface area (Å²) < 4.78 is 62.4. The average Bonchev–Trinajstić information content (AvgIpc) is 2.86. The number of piperidine rings is 1. The fourth-order valence-corrected chi connectivity index (χ4v) is 1.85. The van der Waals surface area contributed by atoms with Crippen molar-refractivity contribution in [3.8, 4) is 0 Å². The summed E-state index contributed by atoms with van der Waals surface area (Å²) in [6.07, 6.45) is -7.16. The summed E-state index contributed by atoms with van der Waals surface area (Å²) in [4.78, 5) is 49.4. The second-order valence-corrected chi connectivity index (χ2v) is 3.87. The van der Waals surface area contributed by atoms with Crippen molar-refractivity contribution >= 4 is 29.3 Å². The lowest BCUT2D eigenvalue weighted by molar-refractivity contribution is -0.136. The van der Waals surface area contributed by atoms with E-state index >= 15 is 0 Å². The van der Waals surface area contributed by atoms with Gasteiger partial charge >= 0.3 is 0 Å². The summed E-state index contributed by atoms with van der Waals surface area (Å²) >= 11 is 0. The maximum Gasteiger partial charge on any atom is 0.264 e. The van der Waals surface area contributed by atoms with Crippen LogP contribution in [0.4, 0.5) is 5.69 Å². The molecule has 4 amide bonds. The molecule has 7 nitrogen and oxygen atoms in total. The Kier molecular flexibility index (Phi) is 1.28. The van der Waals surface area contributed by atoms with Crippen LogP contribution in [0.1, 0.15) is 44.4 Å². The van der Waals surface area contributed by atoms with Crippen LogP contribution in [-0.2, 0) is 9.59 Å². The normalized spacial score (nSPS) is 36.5. The van der Waals surface area contributed by atoms with E-state index in [1.807, 2.05) is 0 Å². The van der Waals surface area contributed by atoms with E-state index in [0.717, 1.165) is 0 Å². The fraction of sp³-hybridized carbons (Fsp3) is 0.231. The number of benzene rings is 1. The molecule has 0 saturated carbocycles. The maximum absolute atomic E-state index is 12.8. The van der Waals surface area contributed by atoms with Gasteiger partial charge in [-0.05, 0) is 18.5 Å². The van der Waals surface area contributed by atoms with Crippen LogP contribution in [0, 0.1) is 0 Å². The topological polar surface area (TPSA) is 110 Å². The highest BCUT2D eigenvalue weighted by Crippen LogP contribution is 2.30. The first-order valence-corrected chi connectivity index (χ1v) is 5.28. The molecule has 0 unspecified atom stereocenters. The molecule has 1 saturated heterocycles. The van der Waals surface area contributed by atoms with Crippen molar-refractivity contribution in [2.45, 2.75) is 18.8 Å². The van der Waals surface area contributed by atoms with E-state index < -0.39 is 77.3 Å². The molecule has 2 aliphatic rings. The quantitative estimate of drug-likeness (QED) is 0.541. The van der Waals surface area contributed by atoms with Crippen LogP contribution in [0.25, 0.3) is 0 Å². The third kappa shape index (κ3) is 1.59. The van der Waals surface area contributed by atoms with Gasteiger partial charge in [0.2, 0.25) is 11.8 Å². The number of anilines is 1. The second-order valence-electron chi connectivity index (χ2n) is 3.87. The van der Waals surface area contributed by atoms with Crippen molar-refractivity contribution in [1.29, 1.82) is 0 Å². The van der Waals surface area contributed by atoms with Crippen molar-refractivity contribution in [3.05, 3.63) is 29.3 Å². The predicted octanol–water partition coefficient (Wildman–Crippen LogP) is -0.330. The molecule has 3 N–H and O–H groups in total. The zero-order valence-electron chi connectivity index (χ0n) is 17.7. The van der Waals surface area contributed by atoms with Gasteiger partial charge in [0.1, 0.15) is 6.02 Å². The average molecular weight is 281 g/mol. The minimum atomic E-state index is -3.68. The number of hydrogen-bond acceptors (Lipinski definition) is 5. The third-order valence-corrected chi connectivity index (χ3v) is 2.70. The van der Waals surface area contributed by atoms with Crippen molar-refractivity contribution in [3.63, 3.8) is 0 Å². The summed E-state index contributed by atoms with van der Waals surface area (Å²) in [6, 6.07) is -6.03. The van der Waals surface area contributed by atoms with Crippen LogP contribution in [0.3, 0.4) is 0 Å². The molecule has 1 aromatic rings. The van der Waals surface area contributed by atoms with Gasteiger partial charge < -0.3 is 5.73 Å². The molecule has 0 aromatic heterocycles. The van der Waals surface area contributed by atoms with Crippen LogP contribution in [0.2, 0.25) is 0 Å². The maximum atomic E-state index is 12.8. The van der Waals surface area contributed by atoms with E-state index in [1.165, 1.54) is 5.32 Å². The lowest BCUT2D eigenvalue weighted by atomic mass is 10.0. The van der Waals surface area contributed by atoms with Gasteiger partial charge in [-0.25, -0.2) is 0 Å². The summed E-state index contributed by atoms with van der Waals surface area (Å²) in [5, 5.41) is 1.43. The van der Waals surface area contributed by atoms with Crippen LogP contribution in [-0.4, -0.2) is 34.5 Å². The SMILES string of the molecule is [2H]c1c([2H])c(N)c2c(c1[2H])C(=O)N([C@@]1([2H])C(=O)NC(=O)C([2H])([2H])C1([2H])[2H])C2=O. The van der Waals surface area contributed by atoms with E-state index in [2.05, 4.69) is 0 Å². The Bertz CT molecular complexity index is 963. The molecule has 0 bridgehead atoms. The van der Waals surface area contributed by atoms with Crippen LogP contribution in [0.15, 0.2) is 18.1 Å². The highest BCUT2D eigenvalue weighted by Gasteiger charge is 2.45. The van der Waals surface area contributed by atoms with Gasteiger partial charge in [-0.1, -0.05) is 6.04 Å². The molecular formula is C13H11N3O4. The van der Waals surface area contributed by atoms with Gasteiger partial charge in [0, 0.05) is 17.5 Å². The van der Waals surface area contributed by atoms with Crippen molar-refractivity contribution in [2.24, 2.45) is 0 Å². The molecule has 3 rings (SSSR count). The molecular weight excluding hydrogens is 262 g/mol. The van der Waals surface area contributed by atoms with Gasteiger partial charge in [-0.2, -0.15) is 0 Å². The monoisotopic (exact) mass is 281 g/mol. The van der Waals surface area contributed by atoms with Crippen LogP contribution >= 0.6 is 0 Å². The Balaban J connectivity index is 2.31. The number of carbonyl (C=O) groups is 4. The van der Waals surface area contributed by atoms with E-state index in [4.69, 9.17) is 16.7 Å². The number of fused-ring (bicyclic) bond motifs is 1. The smallest absolute Gasteiger partial charge is 0.264 e. The minimum Gasteiger partial charge on any atom is -0.398 e. The van der Waals surface area contributed by atoms with E-state index in [0.29, 0.717) is 0 Å². The van der Waals surface area contributed by atoms with E-state index in [9.17, 15) is 19.2 Å². The molecule has 2 heterocycles. The van der Waals surface area contributed by atoms with Crippen molar-refractivity contribution < 1.29 is 30.1 Å². The number of rotatable bonds is 1. The van der Waals surface area contributed by atoms with E-state index in [1.54, 1.807) is 0 Å². The molecule has 7 heteroatoms. The summed E-state index contributed by atoms with van der Waals surface area (Å²) in [5.41, 5.74) is 3.34. The van der Waals surface area contributed by atoms with Crippen molar-refractivity contribution in [2.75, 3.05) is 5.73 Å². The summed E-state index contributed by atoms with van der Waals surface area (Å²) in [7, 11) is 0. The van der Waals surface area contributed by atoms with E-state index in [-0.39, 0.29) is 4.90 Å². The number of carbonyl (C=O) groups excluding carboxylic acids is 4. The Morgan fingerprint density at radius 1 is 1.35 bits per heavy atom. The Hall–Kier alpha value is -2.70. The van der Waals surface area contributed by atoms with Gasteiger partial charge in [0.15, 0.2) is 0 Å². The fourth-order valence-electron chi connectivity index (χ4n) is 1.85. The molecule has 1 fully saturated rings. The lowest BCUT2D eigenvalue weighted by Crippen LogP contribution is -2.54. The first-order valence-electron chi connectivity index (χ1n) is 9.28. The number of hydrogen-bond donors (Lipinski definition) is 2. The number of amides is 4. The van der Waals surface area contributed by atoms with Crippen LogP contribution in [0.5, 0.6) is 0 Å². The molecule has 20 heavy (non-hydrogen) atoms. The minimum absolute atomic E-state index is 0.232. The Morgan fingerprint density at radius 2 is 2.10 bits per heavy atom. The summed E-state index contributed by atoms with van der Waals surface area (Å²) in [6.45, 7) is 0. The molecule has 1 aromatic carbocycles. The Labute approximate surface area is 125 Å². The predicted molar refractivity (Wildman–Crippen MR) is 67.5 cm³/mol. The highest BCUT2D eigenvalue weighted by atomic mass is 16.2. The summed E-state index contributed by atoms with van der Waals surface area (Å²) in [5.74, 6) is -6.51. The standard InChI is InChI=1S/C13H11N3O4/c14-7-3-1-2-6-10(7)13(20)16(12(6)19)8-4-5-9(17)15-11(8)18/h1-3,8H,4-5,14H2,(H,15,17,18)/t8-/m1/s1/i1D,2D,3D,4D2,5D2,8D. The highest BCUT2D eigenvalue weighted by molar-refractivity contribution is 6.25. The van der Waals surface area contributed by atoms with Gasteiger partial charge in [0.05, 0.1) is 16.6 Å². The zero-order valence-corrected chi connectivity index (χ0v) is 9.66. The molecule has 102 valence electrons. The molecule has 1 atom stereocenters. The van der Waals surface area contributed by atoms with Crippen LogP contribution < -0.4 is 11.1 Å². The number of nitrogens with zero attached hydrogens (tertiary/aromatic N) is 1. The van der Waals surface area contributed by atoms with Crippen molar-refractivity contribution in [1.82, 2.24) is 10.2 Å². The lowest BCUT2D eigenvalue weighted by Gasteiger charge is -2.27. The Morgan fingerprint density at radius 3 is 2.85 bits per heavy atom. The van der Waals surface area contributed by atoms with Gasteiger partial charge in [-0.15, -0.1) is 0 Å². The molecule has 0 aliphatic carbocycles. The zero-order chi connectivity index (χ0) is 21.6. The number of imide groups is 2. The first kappa shape index (κ1) is 6.17. The largest absolute Gasteiger partial charge is 0.398 e. The number of nitrogen functional groups attached to an aromatic ring is 1. The molecule has 0 spiro atoms. The number of nitrogens with one attached hydrogen (secondary N) is 1. The van der Waals surface area contributed by atoms with Gasteiger partial charge in [-0.3, -0.25) is 29.4 Å². The van der Waals surface area contributed by atoms with Gasteiger partial charge in [0.25, 0.3) is 11.8 Å². The second kappa shape index (κ2) is 4.16. The number of nitrogens with two attached hydrogens (primary N) is 1. The third-order valence-electron chi connectivity index (χ3n) is 2.70. The first-order chi connectivity index (χ1) is 12.6. The molecule has 0 radical (unpaired) electrons.